The van der Waals surface area contributed by atoms with Gasteiger partial charge in [0.1, 0.15) is 12.4 Å². The molecule has 0 aromatic carbocycles. The second-order valence-electron chi connectivity index (χ2n) is 4.04. The maximum Gasteiger partial charge on any atom is 0.180 e. The molecule has 0 radical (unpaired) electrons. The van der Waals surface area contributed by atoms with Crippen molar-refractivity contribution >= 4 is 5.82 Å². The molecule has 2 aliphatic heterocycles. The summed E-state index contributed by atoms with van der Waals surface area (Å²) in [6, 6.07) is 0.416. The molecular weight excluding hydrogens is 190 g/mol. The number of fused-ring (bicyclic) bond motifs is 3. The second-order valence-corrected chi connectivity index (χ2v) is 4.04. The molecule has 4 heteroatoms. The van der Waals surface area contributed by atoms with E-state index in [2.05, 4.69) is 21.4 Å². The summed E-state index contributed by atoms with van der Waals surface area (Å²) in [5, 5.41) is 0. The molecule has 0 aliphatic carbocycles. The van der Waals surface area contributed by atoms with Gasteiger partial charge < -0.3 is 9.64 Å². The van der Waals surface area contributed by atoms with Gasteiger partial charge in [0.2, 0.25) is 0 Å². The highest BCUT2D eigenvalue weighted by Gasteiger charge is 2.35. The van der Waals surface area contributed by atoms with E-state index in [0.717, 1.165) is 42.5 Å². The van der Waals surface area contributed by atoms with E-state index in [0.29, 0.717) is 6.04 Å². The van der Waals surface area contributed by atoms with Crippen LogP contribution in [0.15, 0.2) is 18.5 Å². The number of nitrogens with zero attached hydrogens (tertiary/aromatic N) is 3. The molecule has 1 aromatic heterocycles. The van der Waals surface area contributed by atoms with Crippen LogP contribution in [0.3, 0.4) is 0 Å². The standard InChI is InChI=1S/C11H13N3O/c1-7-3-4-9-6-15-10-5-12-8(2)13-11(10)14(7)9/h5,9H,1,3-4,6H2,2H3. The van der Waals surface area contributed by atoms with Crippen molar-refractivity contribution in [2.24, 2.45) is 0 Å². The first-order chi connectivity index (χ1) is 7.25. The van der Waals surface area contributed by atoms with Gasteiger partial charge in [-0.3, -0.25) is 0 Å². The number of anilines is 1. The van der Waals surface area contributed by atoms with Gasteiger partial charge in [0, 0.05) is 5.70 Å². The third kappa shape index (κ3) is 1.21. The van der Waals surface area contributed by atoms with E-state index in [1.54, 1.807) is 6.20 Å². The minimum absolute atomic E-state index is 0.416. The minimum Gasteiger partial charge on any atom is -0.486 e. The van der Waals surface area contributed by atoms with E-state index < -0.39 is 0 Å². The smallest absolute Gasteiger partial charge is 0.180 e. The van der Waals surface area contributed by atoms with Gasteiger partial charge in [0.05, 0.1) is 12.2 Å². The Hall–Kier alpha value is -1.58. The summed E-state index contributed by atoms with van der Waals surface area (Å²) in [7, 11) is 0. The molecule has 3 heterocycles. The van der Waals surface area contributed by atoms with Gasteiger partial charge in [-0.2, -0.15) is 0 Å². The third-order valence-corrected chi connectivity index (χ3v) is 2.99. The summed E-state index contributed by atoms with van der Waals surface area (Å²) in [5.74, 6) is 2.44. The van der Waals surface area contributed by atoms with Crippen molar-refractivity contribution < 1.29 is 4.74 Å². The van der Waals surface area contributed by atoms with Gasteiger partial charge in [0.25, 0.3) is 0 Å². The SMILES string of the molecule is C=C1CCC2COc3cnc(C)nc3N12. The van der Waals surface area contributed by atoms with Gasteiger partial charge in [-0.15, -0.1) is 0 Å². The van der Waals surface area contributed by atoms with Crippen LogP contribution in [0, 0.1) is 6.92 Å². The highest BCUT2D eigenvalue weighted by molar-refractivity contribution is 5.59. The van der Waals surface area contributed by atoms with E-state index in [9.17, 15) is 0 Å². The topological polar surface area (TPSA) is 38.3 Å². The van der Waals surface area contributed by atoms with Crippen molar-refractivity contribution in [3.8, 4) is 5.75 Å². The van der Waals surface area contributed by atoms with Crippen LogP contribution in [-0.2, 0) is 0 Å². The van der Waals surface area contributed by atoms with Gasteiger partial charge in [-0.05, 0) is 19.8 Å². The summed E-state index contributed by atoms with van der Waals surface area (Å²) in [6.45, 7) is 6.69. The van der Waals surface area contributed by atoms with Crippen LogP contribution in [0.5, 0.6) is 5.75 Å². The number of aromatic nitrogens is 2. The van der Waals surface area contributed by atoms with Crippen LogP contribution in [0.4, 0.5) is 5.82 Å². The second kappa shape index (κ2) is 2.95. The monoisotopic (exact) mass is 203 g/mol. The molecule has 2 aliphatic rings. The van der Waals surface area contributed by atoms with Gasteiger partial charge >= 0.3 is 0 Å². The summed E-state index contributed by atoms with van der Waals surface area (Å²) in [6.07, 6.45) is 3.90. The van der Waals surface area contributed by atoms with Crippen molar-refractivity contribution in [2.75, 3.05) is 11.5 Å². The highest BCUT2D eigenvalue weighted by atomic mass is 16.5. The quantitative estimate of drug-likeness (QED) is 0.642. The number of ether oxygens (including phenoxy) is 1. The predicted octanol–water partition coefficient (Wildman–Crippen LogP) is 1.66. The fourth-order valence-corrected chi connectivity index (χ4v) is 2.23. The first kappa shape index (κ1) is 8.71. The van der Waals surface area contributed by atoms with Gasteiger partial charge in [-0.25, -0.2) is 9.97 Å². The zero-order chi connectivity index (χ0) is 10.4. The lowest BCUT2D eigenvalue weighted by atomic mass is 10.2. The molecule has 0 spiro atoms. The molecule has 0 bridgehead atoms. The summed E-state index contributed by atoms with van der Waals surface area (Å²) >= 11 is 0. The lowest BCUT2D eigenvalue weighted by molar-refractivity contribution is 0.270. The van der Waals surface area contributed by atoms with Crippen molar-refractivity contribution in [2.45, 2.75) is 25.8 Å². The van der Waals surface area contributed by atoms with Crippen molar-refractivity contribution in [3.05, 3.63) is 24.3 Å². The van der Waals surface area contributed by atoms with E-state index >= 15 is 0 Å². The van der Waals surface area contributed by atoms with E-state index in [1.807, 2.05) is 6.92 Å². The first-order valence-corrected chi connectivity index (χ1v) is 5.19. The average Bonchev–Trinajstić information content (AvgIpc) is 2.60. The van der Waals surface area contributed by atoms with E-state index in [-0.39, 0.29) is 0 Å². The van der Waals surface area contributed by atoms with Crippen LogP contribution < -0.4 is 9.64 Å². The maximum atomic E-state index is 5.63. The minimum atomic E-state index is 0.416. The fraction of sp³-hybridized carbons (Fsp3) is 0.455. The highest BCUT2D eigenvalue weighted by Crippen LogP contribution is 2.39. The molecule has 1 unspecified atom stereocenters. The number of aryl methyl sites for hydroxylation is 1. The van der Waals surface area contributed by atoms with Crippen molar-refractivity contribution in [1.29, 1.82) is 0 Å². The van der Waals surface area contributed by atoms with E-state index in [1.165, 1.54) is 0 Å². The molecule has 78 valence electrons. The number of hydrogen-bond acceptors (Lipinski definition) is 4. The van der Waals surface area contributed by atoms with Crippen LogP contribution >= 0.6 is 0 Å². The molecule has 1 atom stereocenters. The lowest BCUT2D eigenvalue weighted by Crippen LogP contribution is -2.37. The Labute approximate surface area is 88.6 Å². The Morgan fingerprint density at radius 3 is 3.33 bits per heavy atom. The Morgan fingerprint density at radius 1 is 1.60 bits per heavy atom. The molecular formula is C11H13N3O. The Balaban J connectivity index is 2.12. The average molecular weight is 203 g/mol. The van der Waals surface area contributed by atoms with Gasteiger partial charge in [0.15, 0.2) is 11.6 Å². The largest absolute Gasteiger partial charge is 0.486 e. The molecule has 1 aromatic rings. The Kier molecular flexibility index (Phi) is 1.71. The fourth-order valence-electron chi connectivity index (χ4n) is 2.23. The molecule has 0 N–H and O–H groups in total. The molecule has 3 rings (SSSR count). The zero-order valence-electron chi connectivity index (χ0n) is 8.73. The number of hydrogen-bond donors (Lipinski definition) is 0. The van der Waals surface area contributed by atoms with Crippen LogP contribution in [0.2, 0.25) is 0 Å². The third-order valence-electron chi connectivity index (χ3n) is 2.99. The maximum absolute atomic E-state index is 5.63. The first-order valence-electron chi connectivity index (χ1n) is 5.19. The summed E-state index contributed by atoms with van der Waals surface area (Å²) in [5.41, 5.74) is 1.14. The molecule has 1 fully saturated rings. The van der Waals surface area contributed by atoms with Crippen LogP contribution in [0.25, 0.3) is 0 Å². The van der Waals surface area contributed by atoms with Gasteiger partial charge in [-0.1, -0.05) is 6.58 Å². The van der Waals surface area contributed by atoms with Crippen LogP contribution in [-0.4, -0.2) is 22.6 Å². The summed E-state index contributed by atoms with van der Waals surface area (Å²) in [4.78, 5) is 10.8. The molecule has 0 amide bonds. The van der Waals surface area contributed by atoms with E-state index in [4.69, 9.17) is 4.74 Å². The predicted molar refractivity (Wildman–Crippen MR) is 56.9 cm³/mol. The Bertz CT molecular complexity index is 430. The van der Waals surface area contributed by atoms with Crippen molar-refractivity contribution in [1.82, 2.24) is 9.97 Å². The lowest BCUT2D eigenvalue weighted by Gasteiger charge is -2.32. The summed E-state index contributed by atoms with van der Waals surface area (Å²) < 4.78 is 5.63. The normalized spacial score (nSPS) is 23.4. The Morgan fingerprint density at radius 2 is 2.47 bits per heavy atom. The molecule has 1 saturated heterocycles. The van der Waals surface area contributed by atoms with Crippen molar-refractivity contribution in [3.63, 3.8) is 0 Å². The number of allylic oxidation sites excluding steroid dienone is 1. The molecule has 0 saturated carbocycles. The molecule has 15 heavy (non-hydrogen) atoms. The zero-order valence-corrected chi connectivity index (χ0v) is 8.73. The number of rotatable bonds is 0. The van der Waals surface area contributed by atoms with Crippen LogP contribution in [0.1, 0.15) is 18.7 Å². The molecule has 4 nitrogen and oxygen atoms in total.